The van der Waals surface area contributed by atoms with Gasteiger partial charge in [0.05, 0.1) is 5.75 Å². The first-order valence-electron chi connectivity index (χ1n) is 9.14. The number of Topliss-reactive ketones (excluding diaryl/α,β-unsaturated/α-hetero) is 1. The smallest absolute Gasteiger partial charge is 0.172 e. The van der Waals surface area contributed by atoms with Crippen molar-refractivity contribution in [3.8, 4) is 5.75 Å². The van der Waals surface area contributed by atoms with Crippen molar-refractivity contribution in [2.75, 3.05) is 11.5 Å². The molecular formula is C20H32O2S. The summed E-state index contributed by atoms with van der Waals surface area (Å²) < 4.78 is 0. The van der Waals surface area contributed by atoms with Gasteiger partial charge in [-0.1, -0.05) is 64.7 Å². The third-order valence-electron chi connectivity index (χ3n) is 4.06. The highest BCUT2D eigenvalue weighted by molar-refractivity contribution is 7.99. The molecule has 0 spiro atoms. The number of unbranched alkanes of at least 4 members (excludes halogenated alkanes) is 9. The van der Waals surface area contributed by atoms with E-state index in [9.17, 15) is 9.90 Å². The molecule has 0 amide bonds. The monoisotopic (exact) mass is 336 g/mol. The van der Waals surface area contributed by atoms with Crippen molar-refractivity contribution in [1.82, 2.24) is 0 Å². The van der Waals surface area contributed by atoms with E-state index in [-0.39, 0.29) is 11.5 Å². The lowest BCUT2D eigenvalue weighted by Gasteiger charge is -2.03. The summed E-state index contributed by atoms with van der Waals surface area (Å²) in [5.41, 5.74) is 0.693. The number of benzene rings is 1. The summed E-state index contributed by atoms with van der Waals surface area (Å²) in [6.07, 6.45) is 13.5. The summed E-state index contributed by atoms with van der Waals surface area (Å²) in [6, 6.07) is 6.53. The summed E-state index contributed by atoms with van der Waals surface area (Å²) in [6.45, 7) is 2.26. The minimum absolute atomic E-state index is 0.155. The van der Waals surface area contributed by atoms with Gasteiger partial charge in [0, 0.05) is 5.56 Å². The van der Waals surface area contributed by atoms with Crippen LogP contribution in [0, 0.1) is 0 Å². The molecule has 130 valence electrons. The van der Waals surface area contributed by atoms with Gasteiger partial charge < -0.3 is 5.11 Å². The fourth-order valence-corrected chi connectivity index (χ4v) is 3.49. The third kappa shape index (κ3) is 10.4. The van der Waals surface area contributed by atoms with Gasteiger partial charge in [0.2, 0.25) is 0 Å². The van der Waals surface area contributed by atoms with Crippen LogP contribution in [0.25, 0.3) is 0 Å². The molecule has 0 radical (unpaired) electrons. The largest absolute Gasteiger partial charge is 0.508 e. The Hall–Kier alpha value is -0.960. The summed E-state index contributed by atoms with van der Waals surface area (Å²) in [4.78, 5) is 11.9. The molecule has 0 aliphatic heterocycles. The Morgan fingerprint density at radius 3 is 1.96 bits per heavy atom. The van der Waals surface area contributed by atoms with Crippen LogP contribution in [0.4, 0.5) is 0 Å². The molecule has 1 aromatic rings. The number of carbonyl (C=O) groups is 1. The molecule has 0 fully saturated rings. The molecule has 0 atom stereocenters. The predicted molar refractivity (Wildman–Crippen MR) is 102 cm³/mol. The molecule has 1 N–H and O–H groups in total. The summed E-state index contributed by atoms with van der Waals surface area (Å²) in [7, 11) is 0. The molecule has 23 heavy (non-hydrogen) atoms. The maximum Gasteiger partial charge on any atom is 0.172 e. The second kappa shape index (κ2) is 13.5. The Labute approximate surface area is 146 Å². The van der Waals surface area contributed by atoms with Crippen LogP contribution in [0.1, 0.15) is 81.5 Å². The van der Waals surface area contributed by atoms with Crippen molar-refractivity contribution in [2.45, 2.75) is 71.1 Å². The minimum Gasteiger partial charge on any atom is -0.508 e. The second-order valence-electron chi connectivity index (χ2n) is 6.20. The van der Waals surface area contributed by atoms with Crippen molar-refractivity contribution in [3.63, 3.8) is 0 Å². The Morgan fingerprint density at radius 2 is 1.39 bits per heavy atom. The maximum atomic E-state index is 11.9. The summed E-state index contributed by atoms with van der Waals surface area (Å²) in [5.74, 6) is 1.98. The van der Waals surface area contributed by atoms with Crippen LogP contribution >= 0.6 is 11.8 Å². The SMILES string of the molecule is CCCCCCCCCCCCSCC(=O)c1ccc(O)cc1. The fourth-order valence-electron chi connectivity index (χ4n) is 2.59. The van der Waals surface area contributed by atoms with Crippen molar-refractivity contribution in [1.29, 1.82) is 0 Å². The first-order chi connectivity index (χ1) is 11.2. The Kier molecular flexibility index (Phi) is 11.8. The molecule has 0 aliphatic rings. The van der Waals surface area contributed by atoms with E-state index in [2.05, 4.69) is 6.92 Å². The van der Waals surface area contributed by atoms with Gasteiger partial charge in [-0.25, -0.2) is 0 Å². The average Bonchev–Trinajstić information content (AvgIpc) is 2.56. The zero-order valence-electron chi connectivity index (χ0n) is 14.6. The normalized spacial score (nSPS) is 10.8. The first kappa shape index (κ1) is 20.1. The zero-order valence-corrected chi connectivity index (χ0v) is 15.4. The van der Waals surface area contributed by atoms with Gasteiger partial charge in [-0.05, 0) is 36.4 Å². The van der Waals surface area contributed by atoms with Crippen molar-refractivity contribution in [3.05, 3.63) is 29.8 Å². The van der Waals surface area contributed by atoms with Crippen LogP contribution in [-0.4, -0.2) is 22.4 Å². The predicted octanol–water partition coefficient (Wildman–Crippen LogP) is 6.23. The van der Waals surface area contributed by atoms with Crippen molar-refractivity contribution in [2.24, 2.45) is 0 Å². The van der Waals surface area contributed by atoms with Crippen molar-refractivity contribution >= 4 is 17.5 Å². The van der Waals surface area contributed by atoms with E-state index >= 15 is 0 Å². The van der Waals surface area contributed by atoms with Gasteiger partial charge in [0.1, 0.15) is 5.75 Å². The number of phenolic OH excluding ortho intramolecular Hbond substituents is 1. The Balaban J connectivity index is 1.89. The number of thioether (sulfide) groups is 1. The van der Waals surface area contributed by atoms with Gasteiger partial charge in [-0.15, -0.1) is 0 Å². The molecular weight excluding hydrogens is 304 g/mol. The molecule has 3 heteroatoms. The van der Waals surface area contributed by atoms with E-state index in [4.69, 9.17) is 0 Å². The number of hydrogen-bond acceptors (Lipinski definition) is 3. The molecule has 0 heterocycles. The van der Waals surface area contributed by atoms with Crippen LogP contribution in [0.3, 0.4) is 0 Å². The lowest BCUT2D eigenvalue weighted by molar-refractivity contribution is 0.102. The molecule has 0 saturated heterocycles. The van der Waals surface area contributed by atoms with Crippen LogP contribution < -0.4 is 0 Å². The van der Waals surface area contributed by atoms with Crippen LogP contribution in [0.5, 0.6) is 5.75 Å². The van der Waals surface area contributed by atoms with Crippen LogP contribution in [0.2, 0.25) is 0 Å². The van der Waals surface area contributed by atoms with E-state index in [1.54, 1.807) is 36.0 Å². The minimum atomic E-state index is 0.155. The van der Waals surface area contributed by atoms with E-state index in [0.717, 1.165) is 5.75 Å². The molecule has 0 aliphatic carbocycles. The molecule has 0 saturated carbocycles. The molecule has 0 unspecified atom stereocenters. The molecule has 2 nitrogen and oxygen atoms in total. The van der Waals surface area contributed by atoms with Gasteiger partial charge in [0.25, 0.3) is 0 Å². The van der Waals surface area contributed by atoms with E-state index in [0.29, 0.717) is 11.3 Å². The van der Waals surface area contributed by atoms with Gasteiger partial charge >= 0.3 is 0 Å². The van der Waals surface area contributed by atoms with E-state index in [1.807, 2.05) is 0 Å². The summed E-state index contributed by atoms with van der Waals surface area (Å²) >= 11 is 1.73. The lowest BCUT2D eigenvalue weighted by atomic mass is 10.1. The molecule has 0 aromatic heterocycles. The summed E-state index contributed by atoms with van der Waals surface area (Å²) in [5, 5.41) is 9.21. The number of aromatic hydroxyl groups is 1. The zero-order chi connectivity index (χ0) is 16.8. The highest BCUT2D eigenvalue weighted by atomic mass is 32.2. The number of carbonyl (C=O) groups excluding carboxylic acids is 1. The molecule has 1 aromatic carbocycles. The van der Waals surface area contributed by atoms with Gasteiger partial charge in [-0.3, -0.25) is 4.79 Å². The number of ketones is 1. The van der Waals surface area contributed by atoms with E-state index in [1.165, 1.54) is 64.2 Å². The highest BCUT2D eigenvalue weighted by Gasteiger charge is 2.05. The van der Waals surface area contributed by atoms with Crippen molar-refractivity contribution < 1.29 is 9.90 Å². The Morgan fingerprint density at radius 1 is 0.870 bits per heavy atom. The molecule has 1 rings (SSSR count). The van der Waals surface area contributed by atoms with Crippen LogP contribution in [0.15, 0.2) is 24.3 Å². The number of phenols is 1. The molecule has 0 bridgehead atoms. The second-order valence-corrected chi connectivity index (χ2v) is 7.31. The third-order valence-corrected chi connectivity index (χ3v) is 5.11. The number of hydrogen-bond donors (Lipinski definition) is 1. The van der Waals surface area contributed by atoms with Gasteiger partial charge in [-0.2, -0.15) is 11.8 Å². The van der Waals surface area contributed by atoms with Gasteiger partial charge in [0.15, 0.2) is 5.78 Å². The number of rotatable bonds is 14. The van der Waals surface area contributed by atoms with E-state index < -0.39 is 0 Å². The maximum absolute atomic E-state index is 11.9. The quantitative estimate of drug-likeness (QED) is 0.323. The fraction of sp³-hybridized carbons (Fsp3) is 0.650. The lowest BCUT2D eigenvalue weighted by Crippen LogP contribution is -2.02. The first-order valence-corrected chi connectivity index (χ1v) is 10.3. The standard InChI is InChI=1S/C20H32O2S/c1-2-3-4-5-6-7-8-9-10-11-16-23-17-20(22)18-12-14-19(21)15-13-18/h12-15,21H,2-11,16-17H2,1H3. The Bertz CT molecular complexity index is 414. The highest BCUT2D eigenvalue weighted by Crippen LogP contribution is 2.15. The van der Waals surface area contributed by atoms with Crippen LogP contribution in [-0.2, 0) is 0 Å². The average molecular weight is 337 g/mol. The topological polar surface area (TPSA) is 37.3 Å².